The average molecular weight is 366 g/mol. The van der Waals surface area contributed by atoms with E-state index >= 15 is 0 Å². The van der Waals surface area contributed by atoms with Gasteiger partial charge < -0.3 is 21.5 Å². The van der Waals surface area contributed by atoms with Gasteiger partial charge in [0.25, 0.3) is 0 Å². The Labute approximate surface area is 143 Å². The molecule has 1 aliphatic heterocycles. The molecule has 1 heterocycles. The quantitative estimate of drug-likeness (QED) is 0.323. The molecule has 0 aliphatic carbocycles. The highest BCUT2D eigenvalue weighted by Gasteiger charge is 2.25. The lowest BCUT2D eigenvalue weighted by Crippen LogP contribution is -3.00. The zero-order valence-corrected chi connectivity index (χ0v) is 16.2. The first-order valence-corrected chi connectivity index (χ1v) is 9.19. The van der Waals surface area contributed by atoms with Crippen LogP contribution < -0.4 is 17.0 Å². The summed E-state index contributed by atoms with van der Waals surface area (Å²) in [4.78, 5) is 0. The van der Waals surface area contributed by atoms with E-state index in [0.29, 0.717) is 5.25 Å². The fourth-order valence-corrected chi connectivity index (χ4v) is 3.47. The van der Waals surface area contributed by atoms with Crippen LogP contribution in [0.5, 0.6) is 0 Å². The van der Waals surface area contributed by atoms with E-state index in [1.165, 1.54) is 94.7 Å². The molecule has 1 unspecified atom stereocenters. The van der Waals surface area contributed by atoms with Crippen molar-refractivity contribution in [3.05, 3.63) is 0 Å². The van der Waals surface area contributed by atoms with Crippen LogP contribution >= 0.6 is 12.6 Å². The van der Waals surface area contributed by atoms with Crippen LogP contribution in [0.3, 0.4) is 0 Å². The second-order valence-corrected chi connectivity index (χ2v) is 7.55. The van der Waals surface area contributed by atoms with Crippen molar-refractivity contribution >= 4 is 12.6 Å². The molecule has 1 fully saturated rings. The fraction of sp³-hybridized carbons (Fsp3) is 1.00. The summed E-state index contributed by atoms with van der Waals surface area (Å²) in [6.45, 7) is 6.53. The molecule has 122 valence electrons. The number of hydrogen-bond acceptors (Lipinski definition) is 1. The zero-order valence-electron chi connectivity index (χ0n) is 13.7. The van der Waals surface area contributed by atoms with E-state index in [1.807, 2.05) is 0 Å². The van der Waals surface area contributed by atoms with Crippen LogP contribution in [0.4, 0.5) is 0 Å². The third kappa shape index (κ3) is 9.68. The number of nitrogens with zero attached hydrogens (tertiary/aromatic N) is 1. The lowest BCUT2D eigenvalue weighted by atomic mass is 10.1. The molecule has 0 amide bonds. The van der Waals surface area contributed by atoms with Crippen molar-refractivity contribution < 1.29 is 21.5 Å². The SMILES string of the molecule is CCC(S)CCCCCCCCC[N+]1(C)CCCC1.[Br-]. The maximum absolute atomic E-state index is 4.55. The van der Waals surface area contributed by atoms with E-state index in [0.717, 1.165) is 0 Å². The molecule has 20 heavy (non-hydrogen) atoms. The lowest BCUT2D eigenvalue weighted by molar-refractivity contribution is -0.897. The molecule has 1 atom stereocenters. The largest absolute Gasteiger partial charge is 1.00 e. The van der Waals surface area contributed by atoms with Crippen molar-refractivity contribution in [3.8, 4) is 0 Å². The third-order valence-corrected chi connectivity index (χ3v) is 5.48. The molecule has 0 aromatic rings. The number of thiol groups is 1. The first-order chi connectivity index (χ1) is 9.16. The minimum atomic E-state index is 0. The Kier molecular flexibility index (Phi) is 12.8. The van der Waals surface area contributed by atoms with E-state index in [9.17, 15) is 0 Å². The molecule has 1 saturated heterocycles. The Morgan fingerprint density at radius 1 is 0.900 bits per heavy atom. The number of unbranched alkanes of at least 4 members (excludes halogenated alkanes) is 6. The molecule has 0 radical (unpaired) electrons. The second kappa shape index (κ2) is 12.3. The van der Waals surface area contributed by atoms with Crippen molar-refractivity contribution in [1.29, 1.82) is 0 Å². The van der Waals surface area contributed by atoms with Crippen LogP contribution in [0, 0.1) is 0 Å². The maximum atomic E-state index is 4.55. The molecule has 0 aromatic heterocycles. The molecule has 0 bridgehead atoms. The van der Waals surface area contributed by atoms with Gasteiger partial charge in [-0.3, -0.25) is 0 Å². The fourth-order valence-electron chi connectivity index (χ4n) is 3.28. The van der Waals surface area contributed by atoms with Crippen LogP contribution in [-0.2, 0) is 0 Å². The number of halogens is 1. The predicted octanol–water partition coefficient (Wildman–Crippen LogP) is 2.06. The Morgan fingerprint density at radius 3 is 1.95 bits per heavy atom. The van der Waals surface area contributed by atoms with E-state index in [2.05, 4.69) is 26.6 Å². The first kappa shape index (κ1) is 20.8. The summed E-state index contributed by atoms with van der Waals surface area (Å²) >= 11 is 4.55. The van der Waals surface area contributed by atoms with Crippen molar-refractivity contribution in [3.63, 3.8) is 0 Å². The van der Waals surface area contributed by atoms with Gasteiger partial charge in [-0.1, -0.05) is 39.0 Å². The van der Waals surface area contributed by atoms with Gasteiger partial charge in [-0.05, 0) is 25.7 Å². The standard InChI is InChI=1S/C17H35NS.BrH/c1-3-17(19)13-9-7-5-4-6-8-10-14-18(2)15-11-12-16-18;/h17H,3-16H2,1-2H3;1H. The first-order valence-electron chi connectivity index (χ1n) is 8.68. The Balaban J connectivity index is 0.00000361. The maximum Gasteiger partial charge on any atom is 0.0786 e. The van der Waals surface area contributed by atoms with E-state index in [4.69, 9.17) is 0 Å². The summed E-state index contributed by atoms with van der Waals surface area (Å²) in [7, 11) is 2.45. The average Bonchev–Trinajstić information content (AvgIpc) is 2.83. The van der Waals surface area contributed by atoms with Gasteiger partial charge in [-0.15, -0.1) is 0 Å². The van der Waals surface area contributed by atoms with Gasteiger partial charge in [0.15, 0.2) is 0 Å². The smallest absolute Gasteiger partial charge is 0.0786 e. The van der Waals surface area contributed by atoms with Crippen molar-refractivity contribution in [2.75, 3.05) is 26.7 Å². The summed E-state index contributed by atoms with van der Waals surface area (Å²) in [6.07, 6.45) is 15.5. The summed E-state index contributed by atoms with van der Waals surface area (Å²) in [6, 6.07) is 0. The number of rotatable bonds is 11. The van der Waals surface area contributed by atoms with Crippen molar-refractivity contribution in [2.45, 2.75) is 82.8 Å². The second-order valence-electron chi connectivity index (χ2n) is 6.82. The molecule has 1 rings (SSSR count). The van der Waals surface area contributed by atoms with Gasteiger partial charge in [-0.2, -0.15) is 12.6 Å². The number of likely N-dealkylation sites (tertiary alicyclic amines) is 1. The molecule has 0 N–H and O–H groups in total. The van der Waals surface area contributed by atoms with Gasteiger partial charge in [0.1, 0.15) is 0 Å². The van der Waals surface area contributed by atoms with Gasteiger partial charge in [0.2, 0.25) is 0 Å². The van der Waals surface area contributed by atoms with Gasteiger partial charge >= 0.3 is 0 Å². The summed E-state index contributed by atoms with van der Waals surface area (Å²) in [5, 5.41) is 0.643. The van der Waals surface area contributed by atoms with Gasteiger partial charge in [0.05, 0.1) is 26.7 Å². The Morgan fingerprint density at radius 2 is 1.40 bits per heavy atom. The van der Waals surface area contributed by atoms with Crippen molar-refractivity contribution in [1.82, 2.24) is 0 Å². The minimum Gasteiger partial charge on any atom is -1.00 e. The van der Waals surface area contributed by atoms with E-state index in [-0.39, 0.29) is 17.0 Å². The molecule has 3 heteroatoms. The predicted molar refractivity (Wildman–Crippen MR) is 90.0 cm³/mol. The number of hydrogen-bond donors (Lipinski definition) is 1. The summed E-state index contributed by atoms with van der Waals surface area (Å²) in [5.74, 6) is 0. The van der Waals surface area contributed by atoms with Crippen LogP contribution in [0.15, 0.2) is 0 Å². The minimum absolute atomic E-state index is 0. The molecule has 1 aliphatic rings. The van der Waals surface area contributed by atoms with Crippen LogP contribution in [0.1, 0.15) is 77.6 Å². The highest BCUT2D eigenvalue weighted by molar-refractivity contribution is 7.80. The molecular formula is C17H36BrNS. The van der Waals surface area contributed by atoms with E-state index < -0.39 is 0 Å². The lowest BCUT2D eigenvalue weighted by Gasteiger charge is -2.29. The highest BCUT2D eigenvalue weighted by Crippen LogP contribution is 2.18. The monoisotopic (exact) mass is 365 g/mol. The topological polar surface area (TPSA) is 0 Å². The molecule has 1 nitrogen and oxygen atoms in total. The molecular weight excluding hydrogens is 330 g/mol. The van der Waals surface area contributed by atoms with E-state index in [1.54, 1.807) is 0 Å². The highest BCUT2D eigenvalue weighted by atomic mass is 79.9. The summed E-state index contributed by atoms with van der Waals surface area (Å²) in [5.41, 5.74) is 0. The molecule has 0 spiro atoms. The van der Waals surface area contributed by atoms with Gasteiger partial charge in [0, 0.05) is 18.1 Å². The normalized spacial score (nSPS) is 18.8. The Hall–Kier alpha value is 0.790. The van der Waals surface area contributed by atoms with Gasteiger partial charge in [-0.25, -0.2) is 0 Å². The van der Waals surface area contributed by atoms with Crippen LogP contribution in [-0.4, -0.2) is 36.4 Å². The Bertz CT molecular complexity index is 217. The molecule has 0 saturated carbocycles. The van der Waals surface area contributed by atoms with Crippen LogP contribution in [0.25, 0.3) is 0 Å². The van der Waals surface area contributed by atoms with Crippen LogP contribution in [0.2, 0.25) is 0 Å². The third-order valence-electron chi connectivity index (χ3n) is 4.85. The number of quaternary nitrogens is 1. The molecule has 0 aromatic carbocycles. The zero-order chi connectivity index (χ0) is 14.0. The summed E-state index contributed by atoms with van der Waals surface area (Å²) < 4.78 is 1.36. The van der Waals surface area contributed by atoms with Crippen molar-refractivity contribution in [2.24, 2.45) is 0 Å².